The Balaban J connectivity index is 1.93. The molecule has 0 saturated heterocycles. The van der Waals surface area contributed by atoms with Gasteiger partial charge in [-0.15, -0.1) is 0 Å². The van der Waals surface area contributed by atoms with Crippen molar-refractivity contribution < 1.29 is 0 Å². The molecular weight excluding hydrogens is 340 g/mol. The van der Waals surface area contributed by atoms with Gasteiger partial charge in [0.25, 0.3) is 0 Å². The van der Waals surface area contributed by atoms with Gasteiger partial charge in [-0.3, -0.25) is 0 Å². The second kappa shape index (κ2) is 6.89. The van der Waals surface area contributed by atoms with E-state index >= 15 is 0 Å². The van der Waals surface area contributed by atoms with Crippen molar-refractivity contribution in [1.82, 2.24) is 4.57 Å². The first-order valence-corrected chi connectivity index (χ1v) is 9.12. The van der Waals surface area contributed by atoms with Crippen LogP contribution in [0.3, 0.4) is 0 Å². The van der Waals surface area contributed by atoms with Crippen molar-refractivity contribution in [1.29, 1.82) is 0 Å². The Morgan fingerprint density at radius 1 is 0.846 bits per heavy atom. The average molecular weight is 361 g/mol. The largest absolute Gasteiger partial charge is 0.388 e. The van der Waals surface area contributed by atoms with E-state index in [1.807, 2.05) is 19.2 Å². The van der Waals surface area contributed by atoms with Gasteiger partial charge in [0.15, 0.2) is 0 Å². The van der Waals surface area contributed by atoms with Gasteiger partial charge in [-0.25, -0.2) is 0 Å². The van der Waals surface area contributed by atoms with Crippen molar-refractivity contribution in [2.24, 2.45) is 7.05 Å². The zero-order valence-electron chi connectivity index (χ0n) is 14.9. The van der Waals surface area contributed by atoms with Gasteiger partial charge in [0.1, 0.15) is 0 Å². The monoisotopic (exact) mass is 360 g/mol. The summed E-state index contributed by atoms with van der Waals surface area (Å²) in [6, 6.07) is 25.4. The highest BCUT2D eigenvalue weighted by molar-refractivity contribution is 6.30. The standard InChI is InChI=1S/C23H21ClN2/c1-25-19-13-9-17(10-14-19)23(16-7-11-18(24)12-8-16)21-15-26(2)22-6-4-3-5-20(21)22/h3-15,23,25H,1-2H3. The molecule has 26 heavy (non-hydrogen) atoms. The summed E-state index contributed by atoms with van der Waals surface area (Å²) in [6.07, 6.45) is 2.25. The molecular formula is C23H21ClN2. The number of benzene rings is 3. The van der Waals surface area contributed by atoms with E-state index < -0.39 is 0 Å². The third-order valence-electron chi connectivity index (χ3n) is 4.97. The Labute approximate surface area is 159 Å². The summed E-state index contributed by atoms with van der Waals surface area (Å²) in [5.74, 6) is 0.157. The first kappa shape index (κ1) is 16.7. The lowest BCUT2D eigenvalue weighted by Gasteiger charge is -2.19. The number of rotatable bonds is 4. The van der Waals surface area contributed by atoms with Crippen LogP contribution in [0.4, 0.5) is 5.69 Å². The van der Waals surface area contributed by atoms with Crippen molar-refractivity contribution >= 4 is 28.2 Å². The van der Waals surface area contributed by atoms with Crippen LogP contribution in [0.1, 0.15) is 22.6 Å². The summed E-state index contributed by atoms with van der Waals surface area (Å²) in [7, 11) is 4.05. The van der Waals surface area contributed by atoms with E-state index in [0.29, 0.717) is 0 Å². The number of nitrogens with zero attached hydrogens (tertiary/aromatic N) is 1. The SMILES string of the molecule is CNc1ccc(C(c2ccc(Cl)cc2)c2cn(C)c3ccccc23)cc1. The summed E-state index contributed by atoms with van der Waals surface area (Å²) < 4.78 is 2.20. The maximum absolute atomic E-state index is 6.13. The molecule has 1 unspecified atom stereocenters. The molecule has 4 rings (SSSR count). The number of fused-ring (bicyclic) bond motifs is 1. The number of nitrogens with one attached hydrogen (secondary N) is 1. The molecule has 0 aliphatic carbocycles. The zero-order chi connectivity index (χ0) is 18.1. The minimum absolute atomic E-state index is 0.157. The van der Waals surface area contributed by atoms with Gasteiger partial charge >= 0.3 is 0 Å². The van der Waals surface area contributed by atoms with E-state index in [1.54, 1.807) is 0 Å². The molecule has 0 radical (unpaired) electrons. The molecule has 3 heteroatoms. The highest BCUT2D eigenvalue weighted by Crippen LogP contribution is 2.37. The van der Waals surface area contributed by atoms with Crippen molar-refractivity contribution in [2.45, 2.75) is 5.92 Å². The first-order valence-electron chi connectivity index (χ1n) is 8.74. The topological polar surface area (TPSA) is 17.0 Å². The summed E-state index contributed by atoms with van der Waals surface area (Å²) in [5, 5.41) is 5.24. The van der Waals surface area contributed by atoms with Crippen LogP contribution in [-0.4, -0.2) is 11.6 Å². The molecule has 0 bridgehead atoms. The summed E-state index contributed by atoms with van der Waals surface area (Å²) in [6.45, 7) is 0. The maximum atomic E-state index is 6.13. The van der Waals surface area contributed by atoms with E-state index in [0.717, 1.165) is 10.7 Å². The van der Waals surface area contributed by atoms with E-state index in [1.165, 1.54) is 27.6 Å². The zero-order valence-corrected chi connectivity index (χ0v) is 15.7. The summed E-state index contributed by atoms with van der Waals surface area (Å²) in [5.41, 5.74) is 6.17. The van der Waals surface area contributed by atoms with Crippen molar-refractivity contribution in [3.8, 4) is 0 Å². The quantitative estimate of drug-likeness (QED) is 0.468. The normalized spacial score (nSPS) is 12.3. The molecule has 4 aromatic rings. The molecule has 1 heterocycles. The van der Waals surface area contributed by atoms with Gasteiger partial charge in [0.2, 0.25) is 0 Å². The van der Waals surface area contributed by atoms with Gasteiger partial charge in [0, 0.05) is 47.8 Å². The van der Waals surface area contributed by atoms with Gasteiger partial charge in [0.05, 0.1) is 0 Å². The molecule has 1 N–H and O–H groups in total. The number of halogens is 1. The Kier molecular flexibility index (Phi) is 4.44. The first-order chi connectivity index (χ1) is 12.7. The molecule has 0 saturated carbocycles. The number of anilines is 1. The van der Waals surface area contributed by atoms with Crippen LogP contribution in [0.15, 0.2) is 79.0 Å². The number of hydrogen-bond donors (Lipinski definition) is 1. The summed E-state index contributed by atoms with van der Waals surface area (Å²) >= 11 is 6.13. The molecule has 1 atom stereocenters. The number of hydrogen-bond acceptors (Lipinski definition) is 1. The summed E-state index contributed by atoms with van der Waals surface area (Å²) in [4.78, 5) is 0. The predicted molar refractivity (Wildman–Crippen MR) is 111 cm³/mol. The highest BCUT2D eigenvalue weighted by Gasteiger charge is 2.21. The van der Waals surface area contributed by atoms with Crippen molar-refractivity contribution in [3.05, 3.63) is 101 Å². The van der Waals surface area contributed by atoms with E-state index in [-0.39, 0.29) is 5.92 Å². The van der Waals surface area contributed by atoms with Gasteiger partial charge in [-0.05, 0) is 47.0 Å². The third kappa shape index (κ3) is 2.97. The second-order valence-corrected chi connectivity index (χ2v) is 7.01. The van der Waals surface area contributed by atoms with Crippen LogP contribution in [0.25, 0.3) is 10.9 Å². The lowest BCUT2D eigenvalue weighted by molar-refractivity contribution is 0.927. The fourth-order valence-corrected chi connectivity index (χ4v) is 3.78. The molecule has 0 aliphatic rings. The Morgan fingerprint density at radius 3 is 2.12 bits per heavy atom. The molecule has 3 aromatic carbocycles. The fraction of sp³-hybridized carbons (Fsp3) is 0.130. The Bertz CT molecular complexity index is 1030. The highest BCUT2D eigenvalue weighted by atomic mass is 35.5. The van der Waals surface area contributed by atoms with Crippen LogP contribution < -0.4 is 5.32 Å². The molecule has 0 amide bonds. The van der Waals surface area contributed by atoms with E-state index in [2.05, 4.69) is 83.8 Å². The minimum Gasteiger partial charge on any atom is -0.388 e. The van der Waals surface area contributed by atoms with Crippen LogP contribution >= 0.6 is 11.6 Å². The second-order valence-electron chi connectivity index (χ2n) is 6.57. The predicted octanol–water partition coefficient (Wildman–Crippen LogP) is 6.05. The third-order valence-corrected chi connectivity index (χ3v) is 5.23. The molecule has 0 aliphatic heterocycles. The van der Waals surface area contributed by atoms with Gasteiger partial charge in [-0.1, -0.05) is 54.1 Å². The van der Waals surface area contributed by atoms with Crippen LogP contribution in [-0.2, 0) is 7.05 Å². The molecule has 130 valence electrons. The van der Waals surface area contributed by atoms with Crippen LogP contribution in [0.2, 0.25) is 5.02 Å². The minimum atomic E-state index is 0.157. The molecule has 0 spiro atoms. The molecule has 1 aromatic heterocycles. The average Bonchev–Trinajstić information content (AvgIpc) is 3.01. The van der Waals surface area contributed by atoms with Crippen molar-refractivity contribution in [3.63, 3.8) is 0 Å². The Morgan fingerprint density at radius 2 is 1.46 bits per heavy atom. The van der Waals surface area contributed by atoms with Gasteiger partial charge < -0.3 is 9.88 Å². The lowest BCUT2D eigenvalue weighted by atomic mass is 9.85. The van der Waals surface area contributed by atoms with Crippen molar-refractivity contribution in [2.75, 3.05) is 12.4 Å². The molecule has 2 nitrogen and oxygen atoms in total. The van der Waals surface area contributed by atoms with E-state index in [4.69, 9.17) is 11.6 Å². The van der Waals surface area contributed by atoms with Crippen LogP contribution in [0, 0.1) is 0 Å². The van der Waals surface area contributed by atoms with E-state index in [9.17, 15) is 0 Å². The van der Waals surface area contributed by atoms with Crippen LogP contribution in [0.5, 0.6) is 0 Å². The Hall–Kier alpha value is -2.71. The maximum Gasteiger partial charge on any atom is 0.0480 e. The van der Waals surface area contributed by atoms with Gasteiger partial charge in [-0.2, -0.15) is 0 Å². The number of aryl methyl sites for hydroxylation is 1. The lowest BCUT2D eigenvalue weighted by Crippen LogP contribution is -2.03. The fourth-order valence-electron chi connectivity index (χ4n) is 3.65. The number of aromatic nitrogens is 1. The smallest absolute Gasteiger partial charge is 0.0480 e. The molecule has 0 fully saturated rings. The number of para-hydroxylation sites is 1.